The summed E-state index contributed by atoms with van der Waals surface area (Å²) in [6.45, 7) is 1.85. The van der Waals surface area contributed by atoms with Gasteiger partial charge in [0.25, 0.3) is 0 Å². The zero-order valence-electron chi connectivity index (χ0n) is 14.1. The molecule has 1 saturated carbocycles. The summed E-state index contributed by atoms with van der Waals surface area (Å²) in [7, 11) is 2.08. The van der Waals surface area contributed by atoms with Crippen LogP contribution in [0.4, 0.5) is 11.6 Å². The summed E-state index contributed by atoms with van der Waals surface area (Å²) < 4.78 is 0. The fourth-order valence-corrected chi connectivity index (χ4v) is 3.22. The molecule has 0 amide bonds. The van der Waals surface area contributed by atoms with Gasteiger partial charge in [0.05, 0.1) is 11.7 Å². The Bertz CT molecular complexity index is 901. The molecule has 7 nitrogen and oxygen atoms in total. The van der Waals surface area contributed by atoms with Gasteiger partial charge in [-0.1, -0.05) is 0 Å². The summed E-state index contributed by atoms with van der Waals surface area (Å²) in [5.41, 5.74) is 2.64. The highest BCUT2D eigenvalue weighted by molar-refractivity contribution is 5.71. The van der Waals surface area contributed by atoms with Gasteiger partial charge in [-0.3, -0.25) is 4.98 Å². The smallest absolute Gasteiger partial charge is 0.180 e. The predicted molar refractivity (Wildman–Crippen MR) is 95.7 cm³/mol. The number of nitrogens with zero attached hydrogens (tertiary/aromatic N) is 7. The van der Waals surface area contributed by atoms with Crippen LogP contribution in [0.5, 0.6) is 0 Å². The molecule has 25 heavy (non-hydrogen) atoms. The third-order valence-corrected chi connectivity index (χ3v) is 5.08. The molecule has 3 aromatic heterocycles. The molecule has 1 aliphatic heterocycles. The molecule has 2 fully saturated rings. The molecule has 0 atom stereocenters. The van der Waals surface area contributed by atoms with Crippen molar-refractivity contribution in [2.24, 2.45) is 0 Å². The SMILES string of the molecule is CN(c1ccc2nccnc2n1)C1CN(c2ccc(C3CC3)nn2)C1. The largest absolute Gasteiger partial charge is 0.353 e. The highest BCUT2D eigenvalue weighted by Crippen LogP contribution is 2.39. The molecule has 2 aliphatic rings. The predicted octanol–water partition coefficient (Wildman–Crippen LogP) is 2.02. The van der Waals surface area contributed by atoms with Gasteiger partial charge in [-0.05, 0) is 37.1 Å². The Morgan fingerprint density at radius 1 is 1.00 bits per heavy atom. The Hall–Kier alpha value is -2.83. The van der Waals surface area contributed by atoms with Gasteiger partial charge in [0, 0.05) is 38.4 Å². The number of hydrogen-bond acceptors (Lipinski definition) is 7. The highest BCUT2D eigenvalue weighted by Gasteiger charge is 2.32. The van der Waals surface area contributed by atoms with Gasteiger partial charge in [0.15, 0.2) is 11.5 Å². The van der Waals surface area contributed by atoms with E-state index in [0.717, 1.165) is 35.9 Å². The lowest BCUT2D eigenvalue weighted by Gasteiger charge is -2.44. The van der Waals surface area contributed by atoms with Gasteiger partial charge in [-0.25, -0.2) is 9.97 Å². The number of fused-ring (bicyclic) bond motifs is 1. The maximum absolute atomic E-state index is 4.62. The van der Waals surface area contributed by atoms with Gasteiger partial charge < -0.3 is 9.80 Å². The summed E-state index contributed by atoms with van der Waals surface area (Å²) in [5, 5.41) is 8.77. The topological polar surface area (TPSA) is 70.9 Å². The molecule has 0 unspecified atom stereocenters. The van der Waals surface area contributed by atoms with Gasteiger partial charge in [0.2, 0.25) is 0 Å². The second-order valence-electron chi connectivity index (χ2n) is 6.83. The monoisotopic (exact) mass is 333 g/mol. The van der Waals surface area contributed by atoms with Crippen LogP contribution in [0.3, 0.4) is 0 Å². The van der Waals surface area contributed by atoms with Crippen LogP contribution in [0, 0.1) is 0 Å². The van der Waals surface area contributed by atoms with E-state index in [4.69, 9.17) is 0 Å². The maximum atomic E-state index is 4.62. The fraction of sp³-hybridized carbons (Fsp3) is 0.389. The van der Waals surface area contributed by atoms with Crippen LogP contribution in [0.25, 0.3) is 11.2 Å². The van der Waals surface area contributed by atoms with Crippen molar-refractivity contribution < 1.29 is 0 Å². The van der Waals surface area contributed by atoms with Crippen molar-refractivity contribution in [2.45, 2.75) is 24.8 Å². The molecule has 0 aromatic carbocycles. The Balaban J connectivity index is 1.27. The van der Waals surface area contributed by atoms with E-state index in [2.05, 4.69) is 54.1 Å². The summed E-state index contributed by atoms with van der Waals surface area (Å²) in [6, 6.07) is 8.61. The van der Waals surface area contributed by atoms with Crippen LogP contribution in [0.1, 0.15) is 24.5 Å². The third-order valence-electron chi connectivity index (χ3n) is 5.08. The summed E-state index contributed by atoms with van der Waals surface area (Å²) >= 11 is 0. The fourth-order valence-electron chi connectivity index (χ4n) is 3.22. The van der Waals surface area contributed by atoms with E-state index in [1.54, 1.807) is 12.4 Å². The van der Waals surface area contributed by atoms with E-state index >= 15 is 0 Å². The first-order valence-corrected chi connectivity index (χ1v) is 8.67. The number of anilines is 2. The van der Waals surface area contributed by atoms with Crippen LogP contribution >= 0.6 is 0 Å². The first-order chi connectivity index (χ1) is 12.3. The first kappa shape index (κ1) is 14.5. The third kappa shape index (κ3) is 2.65. The van der Waals surface area contributed by atoms with Crippen LogP contribution < -0.4 is 9.80 Å². The Morgan fingerprint density at radius 3 is 2.60 bits per heavy atom. The number of aromatic nitrogens is 5. The quantitative estimate of drug-likeness (QED) is 0.723. The molecule has 7 heteroatoms. The Labute approximate surface area is 145 Å². The summed E-state index contributed by atoms with van der Waals surface area (Å²) in [5.74, 6) is 2.54. The minimum absolute atomic E-state index is 0.409. The minimum atomic E-state index is 0.409. The lowest BCUT2D eigenvalue weighted by molar-refractivity contribution is 0.487. The standard InChI is InChI=1S/C18H19N7/c1-24(16-6-5-15-18(21-16)20-9-8-19-15)13-10-25(11-13)17-7-4-14(22-23-17)12-2-3-12/h4-9,12-13H,2-3,10-11H2,1H3. The highest BCUT2D eigenvalue weighted by atomic mass is 15.4. The van der Waals surface area contributed by atoms with Crippen molar-refractivity contribution >= 4 is 22.8 Å². The second-order valence-corrected chi connectivity index (χ2v) is 6.83. The molecule has 3 aromatic rings. The van der Waals surface area contributed by atoms with Crippen molar-refractivity contribution in [1.29, 1.82) is 0 Å². The van der Waals surface area contributed by atoms with Gasteiger partial charge in [0.1, 0.15) is 11.3 Å². The van der Waals surface area contributed by atoms with E-state index in [-0.39, 0.29) is 0 Å². The van der Waals surface area contributed by atoms with Crippen molar-refractivity contribution in [2.75, 3.05) is 29.9 Å². The van der Waals surface area contributed by atoms with Crippen molar-refractivity contribution in [1.82, 2.24) is 25.1 Å². The molecule has 0 spiro atoms. The molecule has 0 N–H and O–H groups in total. The lowest BCUT2D eigenvalue weighted by Crippen LogP contribution is -2.59. The average Bonchev–Trinajstić information content (AvgIpc) is 3.46. The normalized spacial score (nSPS) is 17.6. The van der Waals surface area contributed by atoms with Crippen LogP contribution in [0.15, 0.2) is 36.7 Å². The molecule has 4 heterocycles. The Kier molecular flexibility index (Phi) is 3.26. The van der Waals surface area contributed by atoms with Crippen LogP contribution in [-0.2, 0) is 0 Å². The van der Waals surface area contributed by atoms with Crippen LogP contribution in [-0.4, -0.2) is 51.3 Å². The number of pyridine rings is 1. The molecule has 5 rings (SSSR count). The molecular formula is C18H19N7. The van der Waals surface area contributed by atoms with Crippen molar-refractivity contribution in [3.8, 4) is 0 Å². The number of likely N-dealkylation sites (N-methyl/N-ethyl adjacent to an activating group) is 1. The van der Waals surface area contributed by atoms with Crippen molar-refractivity contribution in [3.05, 3.63) is 42.4 Å². The first-order valence-electron chi connectivity index (χ1n) is 8.67. The van der Waals surface area contributed by atoms with E-state index in [9.17, 15) is 0 Å². The average molecular weight is 333 g/mol. The molecule has 0 radical (unpaired) electrons. The maximum Gasteiger partial charge on any atom is 0.180 e. The van der Waals surface area contributed by atoms with Crippen LogP contribution in [0.2, 0.25) is 0 Å². The van der Waals surface area contributed by atoms with E-state index in [0.29, 0.717) is 17.6 Å². The lowest BCUT2D eigenvalue weighted by atomic mass is 10.1. The van der Waals surface area contributed by atoms with Gasteiger partial charge >= 0.3 is 0 Å². The van der Waals surface area contributed by atoms with E-state index in [1.807, 2.05) is 12.1 Å². The molecule has 0 bridgehead atoms. The zero-order valence-corrected chi connectivity index (χ0v) is 14.1. The molecule has 1 saturated heterocycles. The Morgan fingerprint density at radius 2 is 1.84 bits per heavy atom. The zero-order chi connectivity index (χ0) is 16.8. The molecule has 1 aliphatic carbocycles. The minimum Gasteiger partial charge on any atom is -0.353 e. The van der Waals surface area contributed by atoms with E-state index < -0.39 is 0 Å². The molecular weight excluding hydrogens is 314 g/mol. The second kappa shape index (κ2) is 5.61. The van der Waals surface area contributed by atoms with Gasteiger partial charge in [-0.15, -0.1) is 5.10 Å². The summed E-state index contributed by atoms with van der Waals surface area (Å²) in [4.78, 5) is 17.6. The number of hydrogen-bond donors (Lipinski definition) is 0. The molecule has 126 valence electrons. The number of rotatable bonds is 4. The van der Waals surface area contributed by atoms with Gasteiger partial charge in [-0.2, -0.15) is 5.10 Å². The van der Waals surface area contributed by atoms with Crippen molar-refractivity contribution in [3.63, 3.8) is 0 Å². The van der Waals surface area contributed by atoms with E-state index in [1.165, 1.54) is 12.8 Å². The summed E-state index contributed by atoms with van der Waals surface area (Å²) in [6.07, 6.45) is 5.88.